The van der Waals surface area contributed by atoms with E-state index in [1.165, 1.54) is 5.56 Å². The summed E-state index contributed by atoms with van der Waals surface area (Å²) in [5.41, 5.74) is 1.23. The van der Waals surface area contributed by atoms with Gasteiger partial charge in [-0.25, -0.2) is 4.98 Å². The summed E-state index contributed by atoms with van der Waals surface area (Å²) in [7, 11) is 0. The fourth-order valence-corrected chi connectivity index (χ4v) is 4.43. The van der Waals surface area contributed by atoms with Crippen LogP contribution in [-0.2, 0) is 16.0 Å². The zero-order valence-corrected chi connectivity index (χ0v) is 13.5. The highest BCUT2D eigenvalue weighted by molar-refractivity contribution is 7.09. The van der Waals surface area contributed by atoms with Gasteiger partial charge < -0.3 is 10.1 Å². The Morgan fingerprint density at radius 2 is 2.41 bits per heavy atom. The third-order valence-corrected chi connectivity index (χ3v) is 5.77. The molecule has 1 fully saturated rings. The second-order valence-corrected chi connectivity index (χ2v) is 7.34. The number of nitrogens with one attached hydrogen (secondary N) is 1. The summed E-state index contributed by atoms with van der Waals surface area (Å²) < 4.78 is 5.70. The molecule has 2 aromatic rings. The molecule has 22 heavy (non-hydrogen) atoms. The summed E-state index contributed by atoms with van der Waals surface area (Å²) in [5, 5.41) is 10.3. The van der Waals surface area contributed by atoms with Gasteiger partial charge in [0.15, 0.2) is 0 Å². The van der Waals surface area contributed by atoms with Gasteiger partial charge in [0.1, 0.15) is 5.01 Å². The Morgan fingerprint density at radius 1 is 1.45 bits per heavy atom. The lowest BCUT2D eigenvalue weighted by Gasteiger charge is -2.21. The fourth-order valence-electron chi connectivity index (χ4n) is 3.06. The SMILES string of the molecule is O=C(N[C@H](Cc1ccsc1)c1nccs1)[C@H]1C[C@@H]2C=C[C@@H]1O2. The van der Waals surface area contributed by atoms with E-state index in [1.807, 2.05) is 11.5 Å². The molecule has 0 spiro atoms. The molecular formula is C16H16N2O2S2. The van der Waals surface area contributed by atoms with Gasteiger partial charge >= 0.3 is 0 Å². The van der Waals surface area contributed by atoms with Crippen molar-refractivity contribution >= 4 is 28.6 Å². The predicted molar refractivity (Wildman–Crippen MR) is 86.9 cm³/mol. The molecule has 2 aromatic heterocycles. The minimum absolute atomic E-state index is 0.0527. The van der Waals surface area contributed by atoms with Gasteiger partial charge in [0, 0.05) is 18.0 Å². The maximum Gasteiger partial charge on any atom is 0.226 e. The summed E-state index contributed by atoms with van der Waals surface area (Å²) >= 11 is 3.26. The van der Waals surface area contributed by atoms with E-state index in [4.69, 9.17) is 4.74 Å². The Hall–Kier alpha value is -1.50. The number of rotatable bonds is 5. The van der Waals surface area contributed by atoms with Gasteiger partial charge in [0.2, 0.25) is 5.91 Å². The van der Waals surface area contributed by atoms with E-state index in [1.54, 1.807) is 28.9 Å². The molecule has 1 N–H and O–H groups in total. The summed E-state index contributed by atoms with van der Waals surface area (Å²) in [4.78, 5) is 17.0. The number of aromatic nitrogens is 1. The van der Waals surface area contributed by atoms with Crippen molar-refractivity contribution in [3.05, 3.63) is 51.1 Å². The second-order valence-electron chi connectivity index (χ2n) is 5.63. The van der Waals surface area contributed by atoms with E-state index >= 15 is 0 Å². The van der Waals surface area contributed by atoms with Crippen LogP contribution in [0.25, 0.3) is 0 Å². The number of thiazole rings is 1. The number of hydrogen-bond donors (Lipinski definition) is 1. The molecule has 0 aliphatic carbocycles. The Labute approximate surface area is 136 Å². The smallest absolute Gasteiger partial charge is 0.226 e. The average molecular weight is 332 g/mol. The molecule has 0 unspecified atom stereocenters. The predicted octanol–water partition coefficient (Wildman–Crippen LogP) is 2.95. The number of fused-ring (bicyclic) bond motifs is 2. The standard InChI is InChI=1S/C16H16N2O2S2/c19-15(12-8-11-1-2-14(12)20-11)18-13(16-17-4-6-22-16)7-10-3-5-21-9-10/h1-6,9,11-14H,7-8H2,(H,18,19)/t11-,12-,13+,14-/m0/s1. The number of carbonyl (C=O) groups is 1. The molecule has 2 aliphatic heterocycles. The van der Waals surface area contributed by atoms with Crippen LogP contribution in [0.4, 0.5) is 0 Å². The van der Waals surface area contributed by atoms with Crippen molar-refractivity contribution in [3.63, 3.8) is 0 Å². The van der Waals surface area contributed by atoms with Crippen molar-refractivity contribution in [1.29, 1.82) is 0 Å². The van der Waals surface area contributed by atoms with Crippen LogP contribution in [-0.4, -0.2) is 23.1 Å². The molecule has 2 bridgehead atoms. The second kappa shape index (κ2) is 5.95. The number of hydrogen-bond acceptors (Lipinski definition) is 5. The molecule has 4 atom stereocenters. The Morgan fingerprint density at radius 3 is 3.05 bits per heavy atom. The zero-order valence-electron chi connectivity index (χ0n) is 11.8. The van der Waals surface area contributed by atoms with Crippen LogP contribution in [0.15, 0.2) is 40.6 Å². The third kappa shape index (κ3) is 2.74. The van der Waals surface area contributed by atoms with Crippen LogP contribution in [0.3, 0.4) is 0 Å². The topological polar surface area (TPSA) is 51.2 Å². The first kappa shape index (κ1) is 14.1. The van der Waals surface area contributed by atoms with Gasteiger partial charge in [-0.2, -0.15) is 11.3 Å². The van der Waals surface area contributed by atoms with E-state index < -0.39 is 0 Å². The highest BCUT2D eigenvalue weighted by atomic mass is 32.1. The number of ether oxygens (including phenoxy) is 1. The quantitative estimate of drug-likeness (QED) is 0.857. The molecule has 0 radical (unpaired) electrons. The van der Waals surface area contributed by atoms with Crippen molar-refractivity contribution < 1.29 is 9.53 Å². The normalized spacial score (nSPS) is 27.2. The fraction of sp³-hybridized carbons (Fsp3) is 0.375. The summed E-state index contributed by atoms with van der Waals surface area (Å²) in [6, 6.07) is 2.03. The van der Waals surface area contributed by atoms with Crippen molar-refractivity contribution in [1.82, 2.24) is 10.3 Å². The van der Waals surface area contributed by atoms with Crippen LogP contribution < -0.4 is 5.32 Å². The molecule has 1 saturated heterocycles. The minimum Gasteiger partial charge on any atom is -0.366 e. The summed E-state index contributed by atoms with van der Waals surface area (Å²) in [6.07, 6.45) is 7.49. The van der Waals surface area contributed by atoms with Crippen molar-refractivity contribution in [2.24, 2.45) is 5.92 Å². The minimum atomic E-state index is -0.0695. The van der Waals surface area contributed by atoms with Crippen molar-refractivity contribution in [3.8, 4) is 0 Å². The van der Waals surface area contributed by atoms with Crippen LogP contribution in [0.1, 0.15) is 23.0 Å². The van der Waals surface area contributed by atoms with E-state index in [0.29, 0.717) is 0 Å². The lowest BCUT2D eigenvalue weighted by Crippen LogP contribution is -2.38. The highest BCUT2D eigenvalue weighted by Gasteiger charge is 2.41. The van der Waals surface area contributed by atoms with E-state index in [9.17, 15) is 4.79 Å². The average Bonchev–Trinajstić information content (AvgIpc) is 3.28. The molecule has 0 aromatic carbocycles. The molecule has 2 aliphatic rings. The maximum absolute atomic E-state index is 12.6. The highest BCUT2D eigenvalue weighted by Crippen LogP contribution is 2.34. The van der Waals surface area contributed by atoms with Gasteiger partial charge in [0.25, 0.3) is 0 Å². The number of nitrogens with zero attached hydrogens (tertiary/aromatic N) is 1. The van der Waals surface area contributed by atoms with Gasteiger partial charge in [0.05, 0.1) is 24.2 Å². The van der Waals surface area contributed by atoms with Crippen molar-refractivity contribution in [2.45, 2.75) is 31.1 Å². The molecule has 4 rings (SSSR count). The first-order chi connectivity index (χ1) is 10.8. The molecule has 0 saturated carbocycles. The largest absolute Gasteiger partial charge is 0.366 e. The van der Waals surface area contributed by atoms with Crippen LogP contribution in [0, 0.1) is 5.92 Å². The van der Waals surface area contributed by atoms with Gasteiger partial charge in [-0.05, 0) is 28.8 Å². The molecule has 114 valence electrons. The molecule has 6 heteroatoms. The lowest BCUT2D eigenvalue weighted by molar-refractivity contribution is -0.126. The monoisotopic (exact) mass is 332 g/mol. The summed E-state index contributed by atoms with van der Waals surface area (Å²) in [5.74, 6) is 0.00668. The summed E-state index contributed by atoms with van der Waals surface area (Å²) in [6.45, 7) is 0. The van der Waals surface area contributed by atoms with E-state index in [-0.39, 0.29) is 30.1 Å². The van der Waals surface area contributed by atoms with Gasteiger partial charge in [-0.1, -0.05) is 12.2 Å². The Kier molecular flexibility index (Phi) is 3.82. The maximum atomic E-state index is 12.6. The number of thiophene rings is 1. The van der Waals surface area contributed by atoms with Crippen LogP contribution in [0.2, 0.25) is 0 Å². The third-order valence-electron chi connectivity index (χ3n) is 4.15. The van der Waals surface area contributed by atoms with Gasteiger partial charge in [-0.15, -0.1) is 11.3 Å². The molecule has 4 nitrogen and oxygen atoms in total. The van der Waals surface area contributed by atoms with E-state index in [2.05, 4.69) is 33.2 Å². The lowest BCUT2D eigenvalue weighted by atomic mass is 9.93. The first-order valence-electron chi connectivity index (χ1n) is 7.34. The van der Waals surface area contributed by atoms with Crippen LogP contribution in [0.5, 0.6) is 0 Å². The molecule has 4 heterocycles. The van der Waals surface area contributed by atoms with Crippen LogP contribution >= 0.6 is 22.7 Å². The zero-order chi connectivity index (χ0) is 14.9. The first-order valence-corrected chi connectivity index (χ1v) is 9.16. The molecular weight excluding hydrogens is 316 g/mol. The Bertz CT molecular complexity index is 666. The number of carbonyl (C=O) groups excluding carboxylic acids is 1. The number of amides is 1. The van der Waals surface area contributed by atoms with Gasteiger partial charge in [-0.3, -0.25) is 4.79 Å². The Balaban J connectivity index is 1.49. The van der Waals surface area contributed by atoms with E-state index in [0.717, 1.165) is 17.8 Å². The molecule has 1 amide bonds. The van der Waals surface area contributed by atoms with Crippen molar-refractivity contribution in [2.75, 3.05) is 0 Å².